The zero-order valence-electron chi connectivity index (χ0n) is 9.45. The van der Waals surface area contributed by atoms with Crippen LogP contribution in [0.2, 0.25) is 0 Å². The van der Waals surface area contributed by atoms with Crippen molar-refractivity contribution in [3.8, 4) is 11.5 Å². The maximum Gasteiger partial charge on any atom is 0.320 e. The van der Waals surface area contributed by atoms with Crippen LogP contribution in [0.5, 0.6) is 0 Å². The fraction of sp³-hybridized carbons (Fsp3) is 0. The summed E-state index contributed by atoms with van der Waals surface area (Å²) in [7, 11) is 0. The highest BCUT2D eigenvalue weighted by molar-refractivity contribution is 5.55. The summed E-state index contributed by atoms with van der Waals surface area (Å²) in [5.41, 5.74) is 1.75. The van der Waals surface area contributed by atoms with Crippen LogP contribution < -0.4 is 5.32 Å². The summed E-state index contributed by atoms with van der Waals surface area (Å²) in [6.07, 6.45) is 3.37. The molecule has 0 radical (unpaired) electrons. The minimum atomic E-state index is 0.369. The molecule has 0 unspecified atom stereocenters. The Morgan fingerprint density at radius 1 is 0.889 bits per heavy atom. The molecule has 5 heteroatoms. The molecule has 18 heavy (non-hydrogen) atoms. The topological polar surface area (TPSA) is 63.8 Å². The van der Waals surface area contributed by atoms with E-state index >= 15 is 0 Å². The fourth-order valence-electron chi connectivity index (χ4n) is 1.53. The second-order valence-electron chi connectivity index (χ2n) is 3.64. The number of nitrogens with one attached hydrogen (secondary N) is 1. The molecule has 0 fully saturated rings. The third-order valence-corrected chi connectivity index (χ3v) is 2.38. The predicted molar refractivity (Wildman–Crippen MR) is 67.3 cm³/mol. The van der Waals surface area contributed by atoms with Gasteiger partial charge in [0.25, 0.3) is 0 Å². The van der Waals surface area contributed by atoms with Gasteiger partial charge in [0, 0.05) is 23.6 Å². The van der Waals surface area contributed by atoms with E-state index in [1.54, 1.807) is 12.4 Å². The number of rotatable bonds is 3. The molecule has 0 saturated heterocycles. The van der Waals surface area contributed by atoms with Gasteiger partial charge in [-0.05, 0) is 24.3 Å². The largest absolute Gasteiger partial charge is 0.403 e. The van der Waals surface area contributed by atoms with Gasteiger partial charge in [-0.2, -0.15) is 0 Å². The highest BCUT2D eigenvalue weighted by Crippen LogP contribution is 2.20. The van der Waals surface area contributed by atoms with Crippen molar-refractivity contribution in [2.75, 3.05) is 5.32 Å². The van der Waals surface area contributed by atoms with Crippen molar-refractivity contribution < 1.29 is 4.42 Å². The van der Waals surface area contributed by atoms with Crippen LogP contribution in [0, 0.1) is 0 Å². The van der Waals surface area contributed by atoms with Gasteiger partial charge in [-0.3, -0.25) is 4.98 Å². The average Bonchev–Trinajstić information content (AvgIpc) is 2.89. The number of para-hydroxylation sites is 1. The van der Waals surface area contributed by atoms with Gasteiger partial charge in [0.1, 0.15) is 0 Å². The van der Waals surface area contributed by atoms with E-state index in [4.69, 9.17) is 4.42 Å². The summed E-state index contributed by atoms with van der Waals surface area (Å²) in [5, 5.41) is 11.0. The molecule has 0 atom stereocenters. The second kappa shape index (κ2) is 4.67. The molecule has 0 spiro atoms. The SMILES string of the molecule is c1ccc(Nc2nnc(-c3ccncc3)o2)cc1. The van der Waals surface area contributed by atoms with Crippen molar-refractivity contribution in [1.29, 1.82) is 0 Å². The van der Waals surface area contributed by atoms with E-state index in [9.17, 15) is 0 Å². The lowest BCUT2D eigenvalue weighted by molar-refractivity contribution is 0.587. The minimum absolute atomic E-state index is 0.369. The molecule has 2 aromatic heterocycles. The Bertz CT molecular complexity index is 622. The van der Waals surface area contributed by atoms with E-state index in [0.717, 1.165) is 11.3 Å². The Balaban J connectivity index is 1.82. The molecule has 3 aromatic rings. The highest BCUT2D eigenvalue weighted by Gasteiger charge is 2.07. The van der Waals surface area contributed by atoms with Gasteiger partial charge in [-0.15, -0.1) is 5.10 Å². The molecule has 0 amide bonds. The van der Waals surface area contributed by atoms with E-state index in [1.165, 1.54) is 0 Å². The quantitative estimate of drug-likeness (QED) is 0.760. The zero-order chi connectivity index (χ0) is 12.2. The van der Waals surface area contributed by atoms with E-state index in [2.05, 4.69) is 20.5 Å². The summed E-state index contributed by atoms with van der Waals surface area (Å²) >= 11 is 0. The number of nitrogens with zero attached hydrogens (tertiary/aromatic N) is 3. The molecule has 0 bridgehead atoms. The summed E-state index contributed by atoms with van der Waals surface area (Å²) in [6.45, 7) is 0. The monoisotopic (exact) mass is 238 g/mol. The lowest BCUT2D eigenvalue weighted by atomic mass is 10.3. The van der Waals surface area contributed by atoms with Gasteiger partial charge >= 0.3 is 6.01 Å². The lowest BCUT2D eigenvalue weighted by Crippen LogP contribution is -1.88. The molecule has 1 aromatic carbocycles. The highest BCUT2D eigenvalue weighted by atomic mass is 16.4. The van der Waals surface area contributed by atoms with Crippen molar-refractivity contribution >= 4 is 11.7 Å². The lowest BCUT2D eigenvalue weighted by Gasteiger charge is -1.98. The maximum atomic E-state index is 5.51. The predicted octanol–water partition coefficient (Wildman–Crippen LogP) is 2.88. The van der Waals surface area contributed by atoms with Gasteiger partial charge in [-0.1, -0.05) is 23.3 Å². The molecule has 0 saturated carbocycles. The first kappa shape index (κ1) is 10.5. The number of hydrogen-bond donors (Lipinski definition) is 1. The number of aromatic nitrogens is 3. The Hall–Kier alpha value is -2.69. The van der Waals surface area contributed by atoms with Crippen LogP contribution in [0.1, 0.15) is 0 Å². The van der Waals surface area contributed by atoms with E-state index in [0.29, 0.717) is 11.9 Å². The maximum absolute atomic E-state index is 5.51. The number of pyridine rings is 1. The van der Waals surface area contributed by atoms with Crippen LogP contribution in [0.4, 0.5) is 11.7 Å². The molecule has 5 nitrogen and oxygen atoms in total. The first-order valence-corrected chi connectivity index (χ1v) is 5.48. The first-order valence-electron chi connectivity index (χ1n) is 5.48. The Morgan fingerprint density at radius 3 is 2.44 bits per heavy atom. The number of benzene rings is 1. The Kier molecular flexibility index (Phi) is 2.71. The molecule has 3 rings (SSSR count). The minimum Gasteiger partial charge on any atom is -0.403 e. The van der Waals surface area contributed by atoms with Crippen molar-refractivity contribution in [3.63, 3.8) is 0 Å². The van der Waals surface area contributed by atoms with Crippen molar-refractivity contribution in [2.24, 2.45) is 0 Å². The van der Waals surface area contributed by atoms with E-state index in [-0.39, 0.29) is 0 Å². The molecule has 0 aliphatic rings. The van der Waals surface area contributed by atoms with Crippen LogP contribution in [0.3, 0.4) is 0 Å². The summed E-state index contributed by atoms with van der Waals surface area (Å²) in [5.74, 6) is 0.468. The van der Waals surface area contributed by atoms with Crippen molar-refractivity contribution in [1.82, 2.24) is 15.2 Å². The van der Waals surface area contributed by atoms with Crippen molar-refractivity contribution in [2.45, 2.75) is 0 Å². The second-order valence-corrected chi connectivity index (χ2v) is 3.64. The molecule has 88 valence electrons. The summed E-state index contributed by atoms with van der Waals surface area (Å²) < 4.78 is 5.51. The third-order valence-electron chi connectivity index (χ3n) is 2.38. The Morgan fingerprint density at radius 2 is 1.67 bits per heavy atom. The van der Waals surface area contributed by atoms with Gasteiger partial charge in [0.2, 0.25) is 5.89 Å². The van der Waals surface area contributed by atoms with Gasteiger partial charge in [0.15, 0.2) is 0 Å². The summed E-state index contributed by atoms with van der Waals surface area (Å²) in [6, 6.07) is 13.7. The van der Waals surface area contributed by atoms with Crippen LogP contribution in [0.15, 0.2) is 59.3 Å². The summed E-state index contributed by atoms with van der Waals surface area (Å²) in [4.78, 5) is 3.94. The molecule has 1 N–H and O–H groups in total. The van der Waals surface area contributed by atoms with Gasteiger partial charge in [-0.25, -0.2) is 0 Å². The standard InChI is InChI=1S/C13H10N4O/c1-2-4-11(5-3-1)15-13-17-16-12(18-13)10-6-8-14-9-7-10/h1-9H,(H,15,17). The molecule has 2 heterocycles. The van der Waals surface area contributed by atoms with Gasteiger partial charge in [0.05, 0.1) is 0 Å². The number of anilines is 2. The smallest absolute Gasteiger partial charge is 0.320 e. The fourth-order valence-corrected chi connectivity index (χ4v) is 1.53. The normalized spacial score (nSPS) is 10.2. The van der Waals surface area contributed by atoms with E-state index in [1.807, 2.05) is 42.5 Å². The van der Waals surface area contributed by atoms with Crippen molar-refractivity contribution in [3.05, 3.63) is 54.9 Å². The molecule has 0 aliphatic carbocycles. The zero-order valence-corrected chi connectivity index (χ0v) is 9.45. The molecular weight excluding hydrogens is 228 g/mol. The number of hydrogen-bond acceptors (Lipinski definition) is 5. The van der Waals surface area contributed by atoms with Crippen LogP contribution in [-0.2, 0) is 0 Å². The van der Waals surface area contributed by atoms with Crippen LogP contribution in [-0.4, -0.2) is 15.2 Å². The Labute approximate surface area is 104 Å². The van der Waals surface area contributed by atoms with E-state index < -0.39 is 0 Å². The third kappa shape index (κ3) is 2.20. The van der Waals surface area contributed by atoms with Crippen LogP contribution in [0.25, 0.3) is 11.5 Å². The van der Waals surface area contributed by atoms with Crippen LogP contribution >= 0.6 is 0 Å². The first-order chi connectivity index (χ1) is 8.92. The molecular formula is C13H10N4O. The molecule has 0 aliphatic heterocycles. The average molecular weight is 238 g/mol. The van der Waals surface area contributed by atoms with Gasteiger partial charge < -0.3 is 9.73 Å².